The minimum Gasteiger partial charge on any atom is -0.834 e. The van der Waals surface area contributed by atoms with E-state index >= 15 is 0 Å². The summed E-state index contributed by atoms with van der Waals surface area (Å²) in [7, 11) is 5.05. The zero-order valence-corrected chi connectivity index (χ0v) is 21.6. The van der Waals surface area contributed by atoms with Gasteiger partial charge in [0.15, 0.2) is 6.54 Å². The number of rotatable bonds is 10. The van der Waals surface area contributed by atoms with Crippen LogP contribution >= 0.6 is 0 Å². The van der Waals surface area contributed by atoms with E-state index in [0.717, 1.165) is 27.6 Å². The summed E-state index contributed by atoms with van der Waals surface area (Å²) >= 11 is 0. The van der Waals surface area contributed by atoms with Gasteiger partial charge >= 0.3 is 5.97 Å². The van der Waals surface area contributed by atoms with Crippen LogP contribution < -0.4 is 25.0 Å². The van der Waals surface area contributed by atoms with Crippen molar-refractivity contribution in [3.05, 3.63) is 71.6 Å². The molecule has 0 bridgehead atoms. The number of benzene rings is 3. The molecule has 4 rings (SSSR count). The van der Waals surface area contributed by atoms with Crippen LogP contribution in [0.4, 0.5) is 5.69 Å². The van der Waals surface area contributed by atoms with Crippen molar-refractivity contribution in [1.29, 1.82) is 0 Å². The van der Waals surface area contributed by atoms with E-state index in [1.165, 1.54) is 7.11 Å². The van der Waals surface area contributed by atoms with Gasteiger partial charge in [0.25, 0.3) is 0 Å². The van der Waals surface area contributed by atoms with Crippen LogP contribution in [0.1, 0.15) is 16.8 Å². The summed E-state index contributed by atoms with van der Waals surface area (Å²) in [6.07, 6.45) is -0.104. The monoisotopic (exact) mass is 517 g/mol. The molecule has 9 heteroatoms. The first-order valence-electron chi connectivity index (χ1n) is 12.1. The van der Waals surface area contributed by atoms with Crippen LogP contribution in [0, 0.1) is 0 Å². The van der Waals surface area contributed by atoms with Gasteiger partial charge < -0.3 is 33.8 Å². The van der Waals surface area contributed by atoms with E-state index in [-0.39, 0.29) is 13.0 Å². The predicted molar refractivity (Wildman–Crippen MR) is 139 cm³/mol. The van der Waals surface area contributed by atoms with Crippen molar-refractivity contribution in [2.24, 2.45) is 0 Å². The molecule has 0 amide bonds. The van der Waals surface area contributed by atoms with Crippen molar-refractivity contribution in [3.8, 4) is 22.5 Å². The third kappa shape index (κ3) is 5.69. The first kappa shape index (κ1) is 26.8. The largest absolute Gasteiger partial charge is 0.834 e. The van der Waals surface area contributed by atoms with Crippen molar-refractivity contribution in [3.63, 3.8) is 0 Å². The highest BCUT2D eigenvalue weighted by molar-refractivity contribution is 6.08. The first-order valence-corrected chi connectivity index (χ1v) is 12.1. The van der Waals surface area contributed by atoms with Crippen molar-refractivity contribution in [2.75, 3.05) is 52.6 Å². The summed E-state index contributed by atoms with van der Waals surface area (Å²) in [6.45, 7) is 0.508. The normalized spacial score (nSPS) is 12.0. The van der Waals surface area contributed by atoms with Crippen molar-refractivity contribution in [2.45, 2.75) is 6.42 Å². The molecule has 2 aromatic carbocycles. The number of carbonyl (C=O) groups excluding carboxylic acids is 2. The zero-order chi connectivity index (χ0) is 27.2. The molecule has 0 atom stereocenters. The van der Waals surface area contributed by atoms with Crippen molar-refractivity contribution in [1.82, 2.24) is 4.58 Å². The summed E-state index contributed by atoms with van der Waals surface area (Å²) < 4.78 is 18.4. The van der Waals surface area contributed by atoms with E-state index in [0.29, 0.717) is 35.6 Å². The standard InChI is InChI=1S/C29H30N2O7/c1-30(13-12-27(33)34)19-8-10-23-25(16-19)38-26-17-20(31(2)14-15-37-18-32)9-11-24(26)28(23)21-6-4-5-7-22(21)29(35)36-3/h4-11,16-17H,12-15,18H2,1-3H3,(H,33,34)/p-1. The SMILES string of the molecule is COC(=O)c1ccccc1-c1c2ccc(=[N+](C)CCOC[O-])cc-2oc2cc(N(C)CCC(=O)[O-])ccc12. The van der Waals surface area contributed by atoms with Crippen LogP contribution in [0.15, 0.2) is 65.1 Å². The van der Waals surface area contributed by atoms with Crippen molar-refractivity contribution < 1.29 is 33.7 Å². The van der Waals surface area contributed by atoms with Gasteiger partial charge in [0, 0.05) is 60.3 Å². The van der Waals surface area contributed by atoms with Crippen LogP contribution in [-0.2, 0) is 14.3 Å². The molecule has 0 radical (unpaired) electrons. The third-order valence-electron chi connectivity index (χ3n) is 6.48. The van der Waals surface area contributed by atoms with Gasteiger partial charge in [0.2, 0.25) is 5.36 Å². The van der Waals surface area contributed by atoms with E-state index < -0.39 is 18.7 Å². The Hall–Kier alpha value is -4.21. The lowest BCUT2D eigenvalue weighted by molar-refractivity contribution is -0.430. The van der Waals surface area contributed by atoms with Gasteiger partial charge in [-0.1, -0.05) is 18.2 Å². The predicted octanol–water partition coefficient (Wildman–Crippen LogP) is 1.30. The number of carbonyl (C=O) groups is 2. The van der Waals surface area contributed by atoms with Gasteiger partial charge in [-0.05, 0) is 36.6 Å². The Morgan fingerprint density at radius 1 is 1.05 bits per heavy atom. The molecule has 38 heavy (non-hydrogen) atoms. The first-order chi connectivity index (χ1) is 18.3. The Labute approximate surface area is 220 Å². The number of ether oxygens (including phenoxy) is 2. The number of methoxy groups -OCH3 is 1. The van der Waals surface area contributed by atoms with Gasteiger partial charge in [-0.2, -0.15) is 0 Å². The average Bonchev–Trinajstić information content (AvgIpc) is 2.93. The number of hydrogen-bond donors (Lipinski definition) is 0. The number of anilines is 1. The molecule has 1 aliphatic carbocycles. The number of likely N-dealkylation sites (N-methyl/N-ethyl adjacent to an activating group) is 1. The second-order valence-electron chi connectivity index (χ2n) is 8.87. The third-order valence-corrected chi connectivity index (χ3v) is 6.48. The molecule has 198 valence electrons. The summed E-state index contributed by atoms with van der Waals surface area (Å²) in [4.78, 5) is 25.4. The molecule has 0 aromatic heterocycles. The highest BCUT2D eigenvalue weighted by Crippen LogP contribution is 2.42. The number of hydrogen-bond acceptors (Lipinski definition) is 8. The fraction of sp³-hybridized carbons (Fsp3) is 0.276. The van der Waals surface area contributed by atoms with Gasteiger partial charge in [-0.25, -0.2) is 9.37 Å². The summed E-state index contributed by atoms with van der Waals surface area (Å²) in [6, 6.07) is 18.7. The Balaban J connectivity index is 1.97. The lowest BCUT2D eigenvalue weighted by Crippen LogP contribution is -2.30. The topological polar surface area (TPSA) is 118 Å². The molecule has 0 saturated carbocycles. The minimum atomic E-state index is -1.12. The molecular weight excluding hydrogens is 488 g/mol. The maximum Gasteiger partial charge on any atom is 0.338 e. The summed E-state index contributed by atoms with van der Waals surface area (Å²) in [5.41, 5.74) is 4.09. The highest BCUT2D eigenvalue weighted by atomic mass is 16.6. The van der Waals surface area contributed by atoms with Crippen LogP contribution in [0.25, 0.3) is 33.4 Å². The second-order valence-corrected chi connectivity index (χ2v) is 8.87. The minimum absolute atomic E-state index is 0.104. The van der Waals surface area contributed by atoms with Crippen LogP contribution in [0.5, 0.6) is 0 Å². The number of aliphatic carboxylic acids is 1. The second kappa shape index (κ2) is 11.9. The van der Waals surface area contributed by atoms with E-state index in [1.54, 1.807) is 19.2 Å². The fourth-order valence-corrected chi connectivity index (χ4v) is 4.40. The van der Waals surface area contributed by atoms with Crippen LogP contribution in [0.3, 0.4) is 0 Å². The maximum absolute atomic E-state index is 12.7. The van der Waals surface area contributed by atoms with Crippen LogP contribution in [0.2, 0.25) is 0 Å². The number of nitrogens with zero attached hydrogens (tertiary/aromatic N) is 2. The van der Waals surface area contributed by atoms with Gasteiger partial charge in [0.05, 0.1) is 18.7 Å². The van der Waals surface area contributed by atoms with E-state index in [1.807, 2.05) is 65.1 Å². The molecule has 1 aliphatic heterocycles. The Morgan fingerprint density at radius 3 is 2.58 bits per heavy atom. The number of carboxylic acids is 1. The molecule has 2 aromatic rings. The molecule has 1 heterocycles. The van der Waals surface area contributed by atoms with E-state index in [2.05, 4.69) is 0 Å². The summed E-state index contributed by atoms with van der Waals surface area (Å²) in [5.74, 6) is -0.973. The van der Waals surface area contributed by atoms with Crippen LogP contribution in [-0.4, -0.2) is 59.6 Å². The molecule has 0 N–H and O–H groups in total. The Morgan fingerprint density at radius 2 is 1.84 bits per heavy atom. The van der Waals surface area contributed by atoms with Crippen molar-refractivity contribution >= 4 is 28.6 Å². The maximum atomic E-state index is 12.7. The highest BCUT2D eigenvalue weighted by Gasteiger charge is 2.22. The van der Waals surface area contributed by atoms with Gasteiger partial charge in [0.1, 0.15) is 25.0 Å². The smallest absolute Gasteiger partial charge is 0.338 e. The molecular formula is C29H29N2O7-. The molecule has 0 fully saturated rings. The number of fused-ring (bicyclic) bond motifs is 2. The lowest BCUT2D eigenvalue weighted by Gasteiger charge is -2.21. The van der Waals surface area contributed by atoms with Gasteiger partial charge in [-0.3, -0.25) is 0 Å². The van der Waals surface area contributed by atoms with Gasteiger partial charge in [-0.15, -0.1) is 0 Å². The summed E-state index contributed by atoms with van der Waals surface area (Å²) in [5, 5.41) is 23.3. The molecule has 9 nitrogen and oxygen atoms in total. The molecule has 0 saturated heterocycles. The Kier molecular flexibility index (Phi) is 8.40. The number of esters is 1. The zero-order valence-electron chi connectivity index (χ0n) is 21.6. The lowest BCUT2D eigenvalue weighted by atomic mass is 9.90. The molecule has 2 aliphatic rings. The van der Waals surface area contributed by atoms with E-state index in [4.69, 9.17) is 13.9 Å². The number of carboxylic acid groups (broad SMARTS) is 1. The molecule has 0 spiro atoms. The quantitative estimate of drug-likeness (QED) is 0.102. The Bertz CT molecular complexity index is 1510. The molecule has 0 unspecified atom stereocenters. The van der Waals surface area contributed by atoms with E-state index in [9.17, 15) is 19.8 Å². The fourth-order valence-electron chi connectivity index (χ4n) is 4.40. The average molecular weight is 518 g/mol.